The minimum absolute atomic E-state index is 0.0410. The Bertz CT molecular complexity index is 268. The van der Waals surface area contributed by atoms with Crippen molar-refractivity contribution in [2.45, 2.75) is 18.9 Å². The van der Waals surface area contributed by atoms with Gasteiger partial charge in [0, 0.05) is 12.1 Å². The summed E-state index contributed by atoms with van der Waals surface area (Å²) in [7, 11) is 3.34. The van der Waals surface area contributed by atoms with Gasteiger partial charge in [-0.05, 0) is 24.7 Å². The number of esters is 1. The van der Waals surface area contributed by atoms with Gasteiger partial charge in [-0.3, -0.25) is 4.79 Å². The molecule has 0 amide bonds. The molecule has 2 aliphatic carbocycles. The fourth-order valence-corrected chi connectivity index (χ4v) is 3.81. The van der Waals surface area contributed by atoms with Crippen LogP contribution in [0.1, 0.15) is 12.8 Å². The molecule has 3 nitrogen and oxygen atoms in total. The van der Waals surface area contributed by atoms with E-state index in [1.807, 2.05) is 0 Å². The van der Waals surface area contributed by atoms with E-state index >= 15 is 0 Å². The highest BCUT2D eigenvalue weighted by Gasteiger charge is 2.59. The number of hydrogen-bond acceptors (Lipinski definition) is 3. The Morgan fingerprint density at radius 1 is 1.43 bits per heavy atom. The maximum atomic E-state index is 11.4. The first-order valence-corrected chi connectivity index (χ1v) is 5.95. The van der Waals surface area contributed by atoms with Gasteiger partial charge in [-0.1, -0.05) is 0 Å². The third-order valence-corrected chi connectivity index (χ3v) is 4.26. The lowest BCUT2D eigenvalue weighted by molar-refractivity contribution is -0.142. The van der Waals surface area contributed by atoms with Gasteiger partial charge in [-0.15, -0.1) is 0 Å². The third kappa shape index (κ3) is 1.04. The average Bonchev–Trinajstić information content (AvgIpc) is 2.78. The molecule has 0 spiro atoms. The molecule has 2 saturated carbocycles. The zero-order valence-corrected chi connectivity index (χ0v) is 8.94. The first kappa shape index (κ1) is 8.92. The van der Waals surface area contributed by atoms with E-state index in [-0.39, 0.29) is 11.9 Å². The summed E-state index contributed by atoms with van der Waals surface area (Å²) in [4.78, 5) is 11.4. The van der Waals surface area contributed by atoms with E-state index in [9.17, 15) is 4.79 Å². The predicted molar refractivity (Wildman–Crippen MR) is 49.6 cm³/mol. The normalized spacial score (nSPS) is 49.5. The molecule has 0 N–H and O–H groups in total. The van der Waals surface area contributed by atoms with E-state index in [0.29, 0.717) is 36.7 Å². The quantitative estimate of drug-likeness (QED) is 0.485. The van der Waals surface area contributed by atoms with E-state index in [4.69, 9.17) is 9.47 Å². The van der Waals surface area contributed by atoms with E-state index in [0.717, 1.165) is 6.42 Å². The Labute approximate surface area is 86.6 Å². The molecule has 3 radical (unpaired) electrons. The summed E-state index contributed by atoms with van der Waals surface area (Å²) >= 11 is 0. The van der Waals surface area contributed by atoms with Crippen LogP contribution >= 0.6 is 0 Å². The number of carbonyl (C=O) groups excluding carboxylic acids is 1. The third-order valence-electron chi connectivity index (χ3n) is 4.09. The Morgan fingerprint density at radius 3 is 3.07 bits per heavy atom. The fourth-order valence-electron chi connectivity index (χ4n) is 3.60. The van der Waals surface area contributed by atoms with Crippen molar-refractivity contribution in [3.8, 4) is 0 Å². The molecule has 5 unspecified atom stereocenters. The molecule has 0 aromatic rings. The van der Waals surface area contributed by atoms with E-state index in [2.05, 4.69) is 10.2 Å². The van der Waals surface area contributed by atoms with Gasteiger partial charge in [0.05, 0.1) is 28.9 Å². The van der Waals surface area contributed by atoms with Crippen molar-refractivity contribution < 1.29 is 14.3 Å². The van der Waals surface area contributed by atoms with Crippen LogP contribution in [0, 0.1) is 23.7 Å². The lowest BCUT2D eigenvalue weighted by Gasteiger charge is -2.28. The van der Waals surface area contributed by atoms with Crippen molar-refractivity contribution in [3.05, 3.63) is 0 Å². The standard InChI is InChI=1S/C10H13O3Si/c11-10-9-5-1-6(7(9)3-12-10)8(2-5)13-4-14/h5-9H,1-4H2. The number of cyclic esters (lactones) is 1. The zero-order valence-electron chi connectivity index (χ0n) is 7.94. The van der Waals surface area contributed by atoms with Crippen molar-refractivity contribution in [2.75, 3.05) is 12.8 Å². The number of hydrogen-bond donors (Lipinski definition) is 0. The lowest BCUT2D eigenvalue weighted by Crippen LogP contribution is -2.33. The van der Waals surface area contributed by atoms with Crippen LogP contribution in [-0.4, -0.2) is 35.2 Å². The van der Waals surface area contributed by atoms with Crippen molar-refractivity contribution in [1.29, 1.82) is 0 Å². The Hall–Kier alpha value is -0.353. The summed E-state index contributed by atoms with van der Waals surface area (Å²) in [5.74, 6) is 1.79. The molecular formula is C10H13O3Si. The molecule has 0 aromatic carbocycles. The van der Waals surface area contributed by atoms with Crippen molar-refractivity contribution in [3.63, 3.8) is 0 Å². The number of carbonyl (C=O) groups is 1. The van der Waals surface area contributed by atoms with Gasteiger partial charge in [0.1, 0.15) is 0 Å². The summed E-state index contributed by atoms with van der Waals surface area (Å²) in [6, 6.07) is 0. The summed E-state index contributed by atoms with van der Waals surface area (Å²) in [6.45, 7) is 0.631. The van der Waals surface area contributed by atoms with Gasteiger partial charge in [-0.25, -0.2) is 0 Å². The monoisotopic (exact) mass is 209 g/mol. The van der Waals surface area contributed by atoms with Gasteiger partial charge in [0.2, 0.25) is 0 Å². The highest BCUT2D eigenvalue weighted by molar-refractivity contribution is 6.08. The second-order valence-electron chi connectivity index (χ2n) is 4.56. The van der Waals surface area contributed by atoms with Gasteiger partial charge >= 0.3 is 5.97 Å². The van der Waals surface area contributed by atoms with Gasteiger partial charge in [0.25, 0.3) is 0 Å². The SMILES string of the molecule is O=C1OCC2C3CC(CC3OC[Si])C12. The maximum absolute atomic E-state index is 11.4. The zero-order chi connectivity index (χ0) is 9.71. The van der Waals surface area contributed by atoms with Crippen molar-refractivity contribution >= 4 is 16.2 Å². The first-order valence-electron chi connectivity index (χ1n) is 5.24. The molecular weight excluding hydrogens is 196 g/mol. The molecule has 3 rings (SSSR count). The molecule has 2 bridgehead atoms. The Kier molecular flexibility index (Phi) is 1.95. The summed E-state index contributed by atoms with van der Waals surface area (Å²) in [5.41, 5.74) is 0. The maximum Gasteiger partial charge on any atom is 0.309 e. The largest absolute Gasteiger partial charge is 0.465 e. The molecule has 0 aromatic heterocycles. The molecule has 3 fully saturated rings. The van der Waals surface area contributed by atoms with Crippen LogP contribution in [0.2, 0.25) is 0 Å². The number of ether oxygens (including phenoxy) is 2. The first-order chi connectivity index (χ1) is 6.81. The summed E-state index contributed by atoms with van der Waals surface area (Å²) < 4.78 is 10.7. The predicted octanol–water partition coefficient (Wildman–Crippen LogP) is 0.327. The summed E-state index contributed by atoms with van der Waals surface area (Å²) in [5, 5.41) is 0. The minimum atomic E-state index is 0.0410. The van der Waals surface area contributed by atoms with Crippen LogP contribution < -0.4 is 0 Å². The second-order valence-corrected chi connectivity index (χ2v) is 4.85. The van der Waals surface area contributed by atoms with Crippen LogP contribution in [0.5, 0.6) is 0 Å². The molecule has 5 atom stereocenters. The Morgan fingerprint density at radius 2 is 2.29 bits per heavy atom. The summed E-state index contributed by atoms with van der Waals surface area (Å²) in [6.07, 6.45) is 3.17. The van der Waals surface area contributed by atoms with E-state index in [1.165, 1.54) is 6.42 Å². The van der Waals surface area contributed by atoms with Crippen LogP contribution in [0.25, 0.3) is 0 Å². The average molecular weight is 209 g/mol. The molecule has 1 heterocycles. The molecule has 14 heavy (non-hydrogen) atoms. The number of rotatable bonds is 2. The topological polar surface area (TPSA) is 35.5 Å². The second kappa shape index (κ2) is 3.07. The molecule has 1 saturated heterocycles. The molecule has 1 aliphatic heterocycles. The fraction of sp³-hybridized carbons (Fsp3) is 0.900. The van der Waals surface area contributed by atoms with Gasteiger partial charge < -0.3 is 9.47 Å². The highest BCUT2D eigenvalue weighted by Crippen LogP contribution is 2.55. The van der Waals surface area contributed by atoms with Gasteiger partial charge in [-0.2, -0.15) is 0 Å². The van der Waals surface area contributed by atoms with Crippen LogP contribution in [-0.2, 0) is 14.3 Å². The molecule has 75 valence electrons. The van der Waals surface area contributed by atoms with E-state index < -0.39 is 0 Å². The molecule has 3 aliphatic rings. The minimum Gasteiger partial charge on any atom is -0.465 e. The van der Waals surface area contributed by atoms with Crippen molar-refractivity contribution in [1.82, 2.24) is 0 Å². The Balaban J connectivity index is 1.79. The lowest BCUT2D eigenvalue weighted by atomic mass is 9.80. The van der Waals surface area contributed by atoms with Crippen LogP contribution in [0.4, 0.5) is 0 Å². The van der Waals surface area contributed by atoms with E-state index in [1.54, 1.807) is 0 Å². The number of fused-ring (bicyclic) bond motifs is 5. The van der Waals surface area contributed by atoms with Crippen LogP contribution in [0.3, 0.4) is 0 Å². The smallest absolute Gasteiger partial charge is 0.309 e. The van der Waals surface area contributed by atoms with Crippen LogP contribution in [0.15, 0.2) is 0 Å². The van der Waals surface area contributed by atoms with Crippen molar-refractivity contribution in [2.24, 2.45) is 23.7 Å². The van der Waals surface area contributed by atoms with Gasteiger partial charge in [0.15, 0.2) is 0 Å². The highest BCUT2D eigenvalue weighted by atomic mass is 28.1. The molecule has 4 heteroatoms.